The molecule has 1 saturated heterocycles. The highest BCUT2D eigenvalue weighted by Crippen LogP contribution is 2.39. The number of aromatic nitrogens is 2. The van der Waals surface area contributed by atoms with Crippen molar-refractivity contribution in [3.63, 3.8) is 0 Å². The van der Waals surface area contributed by atoms with Crippen molar-refractivity contribution in [2.45, 2.75) is 40.2 Å². The first kappa shape index (κ1) is 19.6. The molecule has 3 aromatic rings. The lowest BCUT2D eigenvalue weighted by molar-refractivity contribution is -0.902. The van der Waals surface area contributed by atoms with E-state index in [1.807, 2.05) is 6.92 Å². The fourth-order valence-corrected chi connectivity index (χ4v) is 4.76. The molecule has 7 heteroatoms. The molecule has 150 valence electrons. The lowest BCUT2D eigenvalue weighted by Crippen LogP contribution is -3.08. The Morgan fingerprint density at radius 2 is 1.97 bits per heavy atom. The summed E-state index contributed by atoms with van der Waals surface area (Å²) in [4.78, 5) is 13.4. The number of thiophene rings is 1. The van der Waals surface area contributed by atoms with Crippen molar-refractivity contribution in [3.05, 3.63) is 40.0 Å². The lowest BCUT2D eigenvalue weighted by atomic mass is 10.2. The number of hydrogen-bond acceptors (Lipinski definition) is 6. The maximum atomic E-state index is 9.20. The van der Waals surface area contributed by atoms with Crippen molar-refractivity contribution < 1.29 is 14.4 Å². The molecule has 1 aromatic carbocycles. The van der Waals surface area contributed by atoms with E-state index in [0.717, 1.165) is 28.1 Å². The summed E-state index contributed by atoms with van der Waals surface area (Å²) in [5, 5.41) is 10.2. The van der Waals surface area contributed by atoms with Gasteiger partial charge in [0.05, 0.1) is 36.7 Å². The van der Waals surface area contributed by atoms with Gasteiger partial charge in [0, 0.05) is 23.8 Å². The van der Waals surface area contributed by atoms with Crippen LogP contribution >= 0.6 is 11.3 Å². The molecular weight excluding hydrogens is 384 g/mol. The molecule has 6 nitrogen and oxygen atoms in total. The number of fused-ring (bicyclic) bond motifs is 1. The van der Waals surface area contributed by atoms with Crippen molar-refractivity contribution >= 4 is 21.6 Å². The van der Waals surface area contributed by atoms with Gasteiger partial charge in [-0.3, -0.25) is 0 Å². The van der Waals surface area contributed by atoms with E-state index < -0.39 is 0 Å². The normalized spacial score (nSPS) is 14.3. The molecule has 0 spiro atoms. The van der Waals surface area contributed by atoms with Gasteiger partial charge in [-0.05, 0) is 38.5 Å². The lowest BCUT2D eigenvalue weighted by Gasteiger charge is -2.14. The molecular formula is C22H25N4O2S+. The van der Waals surface area contributed by atoms with Gasteiger partial charge in [-0.2, -0.15) is 10.2 Å². The van der Waals surface area contributed by atoms with E-state index in [0.29, 0.717) is 29.5 Å². The van der Waals surface area contributed by atoms with Crippen LogP contribution in [0.1, 0.15) is 41.6 Å². The predicted molar refractivity (Wildman–Crippen MR) is 113 cm³/mol. The van der Waals surface area contributed by atoms with Gasteiger partial charge in [0.25, 0.3) is 0 Å². The number of rotatable bonds is 6. The zero-order chi connectivity index (χ0) is 20.4. The summed E-state index contributed by atoms with van der Waals surface area (Å²) in [5.41, 5.74) is 1.68. The smallest absolute Gasteiger partial charge is 0.232 e. The summed E-state index contributed by atoms with van der Waals surface area (Å²) in [6, 6.07) is 7.36. The molecule has 0 saturated carbocycles. The van der Waals surface area contributed by atoms with E-state index in [9.17, 15) is 5.26 Å². The fourth-order valence-electron chi connectivity index (χ4n) is 3.72. The second-order valence-corrected chi connectivity index (χ2v) is 8.55. The quantitative estimate of drug-likeness (QED) is 0.674. The van der Waals surface area contributed by atoms with E-state index in [4.69, 9.17) is 19.4 Å². The molecule has 0 aliphatic carbocycles. The number of quaternary nitrogens is 1. The molecule has 0 amide bonds. The van der Waals surface area contributed by atoms with Crippen LogP contribution in [0, 0.1) is 25.2 Å². The minimum Gasteiger partial charge on any atom is -0.490 e. The van der Waals surface area contributed by atoms with Gasteiger partial charge in [-0.25, -0.2) is 4.98 Å². The summed E-state index contributed by atoms with van der Waals surface area (Å²) >= 11 is 1.68. The molecule has 0 bridgehead atoms. The third kappa shape index (κ3) is 4.04. The SMILES string of the molecule is CCOc1cc(C#N)ccc1Oc1nc(C[NH+]2CCCC2)nc2sc(C)c(C)c12. The van der Waals surface area contributed by atoms with Crippen LogP contribution in [0.15, 0.2) is 18.2 Å². The van der Waals surface area contributed by atoms with E-state index in [2.05, 4.69) is 19.9 Å². The Labute approximate surface area is 174 Å². The molecule has 1 fully saturated rings. The number of likely N-dealkylation sites (tertiary alicyclic amines) is 1. The molecule has 0 atom stereocenters. The van der Waals surface area contributed by atoms with Gasteiger partial charge in [0.1, 0.15) is 11.4 Å². The molecule has 1 N–H and O–H groups in total. The Hall–Kier alpha value is -2.69. The molecule has 29 heavy (non-hydrogen) atoms. The number of hydrogen-bond donors (Lipinski definition) is 1. The average Bonchev–Trinajstić information content (AvgIpc) is 3.31. The Balaban J connectivity index is 1.76. The van der Waals surface area contributed by atoms with Crippen molar-refractivity contribution in [2.24, 2.45) is 0 Å². The summed E-state index contributed by atoms with van der Waals surface area (Å²) in [5.74, 6) is 2.50. The van der Waals surface area contributed by atoms with Crippen LogP contribution in [-0.2, 0) is 6.54 Å². The first-order valence-electron chi connectivity index (χ1n) is 10.0. The van der Waals surface area contributed by atoms with Gasteiger partial charge >= 0.3 is 0 Å². The Bertz CT molecular complexity index is 1080. The standard InChI is InChI=1S/C22H24N4O2S/c1-4-27-18-11-16(12-23)7-8-17(18)28-21-20-14(2)15(3)29-22(20)25-19(24-21)13-26-9-5-6-10-26/h7-8,11H,4-6,9-10,13H2,1-3H3/p+1. The minimum absolute atomic E-state index is 0.491. The number of ether oxygens (including phenoxy) is 2. The van der Waals surface area contributed by atoms with Gasteiger partial charge < -0.3 is 14.4 Å². The Morgan fingerprint density at radius 3 is 2.69 bits per heavy atom. The number of benzene rings is 1. The Morgan fingerprint density at radius 1 is 1.17 bits per heavy atom. The van der Waals surface area contributed by atoms with Crippen molar-refractivity contribution in [1.29, 1.82) is 5.26 Å². The zero-order valence-corrected chi connectivity index (χ0v) is 17.9. The highest BCUT2D eigenvalue weighted by atomic mass is 32.1. The van der Waals surface area contributed by atoms with Crippen molar-refractivity contribution in [3.8, 4) is 23.4 Å². The molecule has 0 unspecified atom stereocenters. The van der Waals surface area contributed by atoms with E-state index >= 15 is 0 Å². The van der Waals surface area contributed by atoms with Crippen LogP contribution in [-0.4, -0.2) is 29.7 Å². The van der Waals surface area contributed by atoms with Crippen LogP contribution in [0.25, 0.3) is 10.2 Å². The maximum absolute atomic E-state index is 9.20. The topological polar surface area (TPSA) is 72.5 Å². The van der Waals surface area contributed by atoms with Gasteiger partial charge in [-0.1, -0.05) is 0 Å². The predicted octanol–water partition coefficient (Wildman–Crippen LogP) is 3.55. The van der Waals surface area contributed by atoms with Crippen LogP contribution in [0.2, 0.25) is 0 Å². The number of nitriles is 1. The summed E-state index contributed by atoms with van der Waals surface area (Å²) < 4.78 is 12.0. The zero-order valence-electron chi connectivity index (χ0n) is 17.0. The summed E-state index contributed by atoms with van der Waals surface area (Å²) in [6.07, 6.45) is 2.53. The van der Waals surface area contributed by atoms with Gasteiger partial charge in [-0.15, -0.1) is 11.3 Å². The summed E-state index contributed by atoms with van der Waals surface area (Å²) in [6.45, 7) is 9.74. The van der Waals surface area contributed by atoms with Crippen LogP contribution in [0.3, 0.4) is 0 Å². The first-order valence-corrected chi connectivity index (χ1v) is 10.9. The highest BCUT2D eigenvalue weighted by Gasteiger charge is 2.22. The molecule has 3 heterocycles. The number of aryl methyl sites for hydroxylation is 2. The van der Waals surface area contributed by atoms with E-state index in [1.165, 1.54) is 35.7 Å². The number of nitrogens with one attached hydrogen (secondary N) is 1. The molecule has 2 aromatic heterocycles. The molecule has 4 rings (SSSR count). The van der Waals surface area contributed by atoms with Crippen LogP contribution < -0.4 is 14.4 Å². The second kappa shape index (κ2) is 8.36. The molecule has 0 radical (unpaired) electrons. The van der Waals surface area contributed by atoms with Crippen molar-refractivity contribution in [2.75, 3.05) is 19.7 Å². The molecule has 1 aliphatic heterocycles. The van der Waals surface area contributed by atoms with Crippen LogP contribution in [0.4, 0.5) is 0 Å². The highest BCUT2D eigenvalue weighted by molar-refractivity contribution is 7.18. The third-order valence-electron chi connectivity index (χ3n) is 5.34. The van der Waals surface area contributed by atoms with E-state index in [-0.39, 0.29) is 0 Å². The largest absolute Gasteiger partial charge is 0.490 e. The molecule has 1 aliphatic rings. The Kier molecular flexibility index (Phi) is 5.65. The minimum atomic E-state index is 0.491. The number of nitrogens with zero attached hydrogens (tertiary/aromatic N) is 3. The monoisotopic (exact) mass is 409 g/mol. The van der Waals surface area contributed by atoms with Gasteiger partial charge in [0.2, 0.25) is 5.88 Å². The fraction of sp³-hybridized carbons (Fsp3) is 0.409. The summed E-state index contributed by atoms with van der Waals surface area (Å²) in [7, 11) is 0. The maximum Gasteiger partial charge on any atom is 0.232 e. The second-order valence-electron chi connectivity index (χ2n) is 7.35. The average molecular weight is 410 g/mol. The van der Waals surface area contributed by atoms with Crippen LogP contribution in [0.5, 0.6) is 17.4 Å². The van der Waals surface area contributed by atoms with E-state index in [1.54, 1.807) is 29.5 Å². The third-order valence-corrected chi connectivity index (χ3v) is 6.44. The van der Waals surface area contributed by atoms with Gasteiger partial charge in [0.15, 0.2) is 17.3 Å². The van der Waals surface area contributed by atoms with Crippen molar-refractivity contribution in [1.82, 2.24) is 9.97 Å². The first-order chi connectivity index (χ1) is 14.1.